The van der Waals surface area contributed by atoms with Gasteiger partial charge in [-0.3, -0.25) is 9.36 Å². The largest absolute Gasteiger partial charge is 0.451 e. The highest BCUT2D eigenvalue weighted by atomic mass is 32.1. The molecule has 2 aromatic heterocycles. The Labute approximate surface area is 142 Å². The molecule has 4 nitrogen and oxygen atoms in total. The number of aromatic nitrogens is 1. The number of amides is 1. The second-order valence-corrected chi connectivity index (χ2v) is 6.23. The summed E-state index contributed by atoms with van der Waals surface area (Å²) in [7, 11) is 0. The fourth-order valence-electron chi connectivity index (χ4n) is 2.59. The van der Waals surface area contributed by atoms with Gasteiger partial charge in [-0.25, -0.2) is 0 Å². The van der Waals surface area contributed by atoms with E-state index >= 15 is 0 Å². The number of thiazole rings is 1. The van der Waals surface area contributed by atoms with Crippen LogP contribution in [0.25, 0.3) is 16.7 Å². The van der Waals surface area contributed by atoms with Crippen LogP contribution >= 0.6 is 11.3 Å². The molecule has 118 valence electrons. The molecule has 4 rings (SSSR count). The van der Waals surface area contributed by atoms with Gasteiger partial charge in [-0.2, -0.15) is 4.99 Å². The van der Waals surface area contributed by atoms with Crippen molar-refractivity contribution < 1.29 is 9.21 Å². The van der Waals surface area contributed by atoms with Crippen LogP contribution in [-0.2, 0) is 0 Å². The number of carbonyl (C=O) groups excluding carboxylic acids is 1. The molecular formula is C19H14N2O2S. The number of carbonyl (C=O) groups is 1. The standard InChI is InChI=1S/C19H14N2O2S/c1-13-12-24-19(21(13)15-8-3-2-4-9-15)20-18(22)17-11-14-7-5-6-10-16(14)23-17/h2-12H,1H3. The Morgan fingerprint density at radius 3 is 2.62 bits per heavy atom. The maximum absolute atomic E-state index is 12.5. The highest BCUT2D eigenvalue weighted by molar-refractivity contribution is 7.07. The lowest BCUT2D eigenvalue weighted by Gasteiger charge is -2.04. The van der Waals surface area contributed by atoms with E-state index in [0.717, 1.165) is 16.8 Å². The molecule has 2 aromatic carbocycles. The van der Waals surface area contributed by atoms with Crippen molar-refractivity contribution in [1.82, 2.24) is 4.57 Å². The molecule has 4 aromatic rings. The number of fused-ring (bicyclic) bond motifs is 1. The number of hydrogen-bond donors (Lipinski definition) is 0. The fourth-order valence-corrected chi connectivity index (χ4v) is 3.46. The summed E-state index contributed by atoms with van der Waals surface area (Å²) < 4.78 is 7.57. The zero-order valence-electron chi connectivity index (χ0n) is 13.0. The van der Waals surface area contributed by atoms with Crippen molar-refractivity contribution in [2.45, 2.75) is 6.92 Å². The summed E-state index contributed by atoms with van der Waals surface area (Å²) in [6.45, 7) is 1.99. The summed E-state index contributed by atoms with van der Waals surface area (Å²) in [5.41, 5.74) is 2.70. The molecule has 0 aliphatic rings. The highest BCUT2D eigenvalue weighted by Gasteiger charge is 2.12. The van der Waals surface area contributed by atoms with Crippen LogP contribution in [0.3, 0.4) is 0 Å². The number of furan rings is 1. The van der Waals surface area contributed by atoms with Crippen molar-refractivity contribution in [1.29, 1.82) is 0 Å². The van der Waals surface area contributed by atoms with Crippen molar-refractivity contribution in [3.05, 3.63) is 82.3 Å². The van der Waals surface area contributed by atoms with Crippen LogP contribution < -0.4 is 4.80 Å². The number of benzene rings is 2. The topological polar surface area (TPSA) is 47.5 Å². The van der Waals surface area contributed by atoms with Gasteiger partial charge in [0.2, 0.25) is 0 Å². The first kappa shape index (κ1) is 14.7. The molecular weight excluding hydrogens is 320 g/mol. The van der Waals surface area contributed by atoms with E-state index in [-0.39, 0.29) is 11.7 Å². The predicted molar refractivity (Wildman–Crippen MR) is 94.5 cm³/mol. The Kier molecular flexibility index (Phi) is 3.63. The van der Waals surface area contributed by atoms with Crippen molar-refractivity contribution in [2.75, 3.05) is 0 Å². The minimum absolute atomic E-state index is 0.252. The Morgan fingerprint density at radius 2 is 1.83 bits per heavy atom. The maximum atomic E-state index is 12.5. The lowest BCUT2D eigenvalue weighted by Crippen LogP contribution is -2.16. The SMILES string of the molecule is Cc1csc(=NC(=O)c2cc3ccccc3o2)n1-c1ccccc1. The van der Waals surface area contributed by atoms with Gasteiger partial charge >= 0.3 is 5.91 Å². The van der Waals surface area contributed by atoms with Crippen molar-refractivity contribution in [3.63, 3.8) is 0 Å². The zero-order valence-corrected chi connectivity index (χ0v) is 13.8. The lowest BCUT2D eigenvalue weighted by molar-refractivity contribution is 0.0974. The van der Waals surface area contributed by atoms with Gasteiger partial charge in [0.25, 0.3) is 0 Å². The predicted octanol–water partition coefficient (Wildman–Crippen LogP) is 4.33. The van der Waals surface area contributed by atoms with Gasteiger partial charge in [0.1, 0.15) is 5.58 Å². The molecule has 0 spiro atoms. The summed E-state index contributed by atoms with van der Waals surface area (Å²) in [4.78, 5) is 17.4. The molecule has 24 heavy (non-hydrogen) atoms. The summed E-state index contributed by atoms with van der Waals surface area (Å²) in [5.74, 6) is -0.125. The Morgan fingerprint density at radius 1 is 1.08 bits per heavy atom. The average molecular weight is 334 g/mol. The first-order chi connectivity index (χ1) is 11.7. The third-order valence-corrected chi connectivity index (χ3v) is 4.67. The van der Waals surface area contributed by atoms with Gasteiger partial charge < -0.3 is 4.42 Å². The monoisotopic (exact) mass is 334 g/mol. The molecule has 2 heterocycles. The normalized spacial score (nSPS) is 12.0. The molecule has 1 amide bonds. The Balaban J connectivity index is 1.80. The smallest absolute Gasteiger partial charge is 0.315 e. The second kappa shape index (κ2) is 5.94. The van der Waals surface area contributed by atoms with E-state index in [4.69, 9.17) is 4.42 Å². The van der Waals surface area contributed by atoms with Gasteiger partial charge in [0.15, 0.2) is 10.6 Å². The molecule has 0 radical (unpaired) electrons. The first-order valence-corrected chi connectivity index (χ1v) is 8.40. The Bertz CT molecular complexity index is 1050. The van der Waals surface area contributed by atoms with Crippen LogP contribution in [0.15, 0.2) is 75.5 Å². The summed E-state index contributed by atoms with van der Waals surface area (Å²) in [6.07, 6.45) is 0. The van der Waals surface area contributed by atoms with Crippen LogP contribution in [0.5, 0.6) is 0 Å². The third-order valence-electron chi connectivity index (χ3n) is 3.73. The molecule has 0 unspecified atom stereocenters. The van der Waals surface area contributed by atoms with Gasteiger partial charge in [-0.1, -0.05) is 36.4 Å². The molecule has 0 atom stereocenters. The molecule has 0 saturated heterocycles. The van der Waals surface area contributed by atoms with Crippen LogP contribution in [0.4, 0.5) is 0 Å². The Hall–Kier alpha value is -2.92. The summed E-state index contributed by atoms with van der Waals surface area (Å²) in [5, 5.41) is 2.88. The molecule has 0 aliphatic heterocycles. The van der Waals surface area contributed by atoms with E-state index < -0.39 is 0 Å². The van der Waals surface area contributed by atoms with E-state index in [9.17, 15) is 4.79 Å². The molecule has 0 bridgehead atoms. The van der Waals surface area contributed by atoms with E-state index in [1.807, 2.05) is 71.5 Å². The molecule has 0 aliphatic carbocycles. The molecule has 0 N–H and O–H groups in total. The summed E-state index contributed by atoms with van der Waals surface area (Å²) >= 11 is 1.43. The van der Waals surface area contributed by atoms with Gasteiger partial charge in [-0.05, 0) is 31.2 Å². The van der Waals surface area contributed by atoms with Crippen LogP contribution in [0.1, 0.15) is 16.2 Å². The molecule has 5 heteroatoms. The average Bonchev–Trinajstić information content (AvgIpc) is 3.19. The number of nitrogens with zero attached hydrogens (tertiary/aromatic N) is 2. The zero-order chi connectivity index (χ0) is 16.5. The van der Waals surface area contributed by atoms with Crippen LogP contribution in [-0.4, -0.2) is 10.5 Å². The van der Waals surface area contributed by atoms with Gasteiger partial charge in [0, 0.05) is 22.1 Å². The molecule has 0 fully saturated rings. The van der Waals surface area contributed by atoms with Crippen LogP contribution in [0, 0.1) is 6.92 Å². The van der Waals surface area contributed by atoms with E-state index in [2.05, 4.69) is 4.99 Å². The van der Waals surface area contributed by atoms with Crippen LogP contribution in [0.2, 0.25) is 0 Å². The number of hydrogen-bond acceptors (Lipinski definition) is 3. The van der Waals surface area contributed by atoms with Gasteiger partial charge in [0.05, 0.1) is 0 Å². The highest BCUT2D eigenvalue weighted by Crippen LogP contribution is 2.19. The van der Waals surface area contributed by atoms with Crippen molar-refractivity contribution >= 4 is 28.2 Å². The quantitative estimate of drug-likeness (QED) is 0.547. The maximum Gasteiger partial charge on any atom is 0.315 e. The minimum Gasteiger partial charge on any atom is -0.451 e. The second-order valence-electron chi connectivity index (χ2n) is 5.40. The summed E-state index contributed by atoms with van der Waals surface area (Å²) in [6, 6.07) is 19.1. The van der Waals surface area contributed by atoms with Gasteiger partial charge in [-0.15, -0.1) is 11.3 Å². The van der Waals surface area contributed by atoms with E-state index in [0.29, 0.717) is 10.4 Å². The first-order valence-electron chi connectivity index (χ1n) is 7.52. The number of rotatable bonds is 2. The lowest BCUT2D eigenvalue weighted by atomic mass is 10.2. The number of aryl methyl sites for hydroxylation is 1. The van der Waals surface area contributed by atoms with Crippen molar-refractivity contribution in [3.8, 4) is 5.69 Å². The third kappa shape index (κ3) is 2.59. The minimum atomic E-state index is -0.377. The van der Waals surface area contributed by atoms with Crippen molar-refractivity contribution in [2.24, 2.45) is 4.99 Å². The molecule has 0 saturated carbocycles. The fraction of sp³-hybridized carbons (Fsp3) is 0.0526. The van der Waals surface area contributed by atoms with E-state index in [1.165, 1.54) is 11.3 Å². The van der Waals surface area contributed by atoms with E-state index in [1.54, 1.807) is 6.07 Å². The number of para-hydroxylation sites is 2.